The Morgan fingerprint density at radius 1 is 1.14 bits per heavy atom. The third kappa shape index (κ3) is 3.88. The van der Waals surface area contributed by atoms with Gasteiger partial charge >= 0.3 is 0 Å². The molecular weight excluding hydrogens is 367 g/mol. The molecule has 1 amide bonds. The van der Waals surface area contributed by atoms with Crippen molar-refractivity contribution < 1.29 is 13.9 Å². The number of para-hydroxylation sites is 1. The van der Waals surface area contributed by atoms with Gasteiger partial charge in [0.15, 0.2) is 0 Å². The molecular formula is C24H27FN2O2. The van der Waals surface area contributed by atoms with Crippen LogP contribution >= 0.6 is 0 Å². The van der Waals surface area contributed by atoms with E-state index in [1.165, 1.54) is 30.5 Å². The van der Waals surface area contributed by atoms with Gasteiger partial charge in [-0.25, -0.2) is 4.39 Å². The number of carbonyl (C=O) groups excluding carboxylic acids is 1. The zero-order chi connectivity index (χ0) is 19.8. The van der Waals surface area contributed by atoms with E-state index in [0.717, 1.165) is 30.3 Å². The van der Waals surface area contributed by atoms with Crippen LogP contribution < -0.4 is 10.1 Å². The van der Waals surface area contributed by atoms with Gasteiger partial charge < -0.3 is 10.1 Å². The number of amides is 1. The van der Waals surface area contributed by atoms with E-state index in [1.54, 1.807) is 12.1 Å². The highest BCUT2D eigenvalue weighted by atomic mass is 19.1. The number of ether oxygens (including phenoxy) is 1. The molecule has 3 atom stereocenters. The van der Waals surface area contributed by atoms with Gasteiger partial charge in [-0.2, -0.15) is 0 Å². The van der Waals surface area contributed by atoms with Crippen LogP contribution in [0.25, 0.3) is 0 Å². The van der Waals surface area contributed by atoms with Gasteiger partial charge in [0.05, 0.1) is 12.5 Å². The molecule has 0 radical (unpaired) electrons. The molecule has 3 aliphatic rings. The van der Waals surface area contributed by atoms with E-state index >= 15 is 0 Å². The van der Waals surface area contributed by atoms with Crippen molar-refractivity contribution in [1.82, 2.24) is 10.2 Å². The standard InChI is InChI=1S/C24H27FN2O2/c25-18-9-7-16(8-10-18)11-12-26-24(28)20-14-27(13-17-5-6-17)23-19-3-1-2-4-22(19)29-15-21(20)23/h1-4,7-10,17,20-21,23H,5-6,11-15H2,(H,26,28)/t20-,21+,23+/m1/s1. The fourth-order valence-electron chi connectivity index (χ4n) is 4.88. The third-order valence-electron chi connectivity index (χ3n) is 6.57. The van der Waals surface area contributed by atoms with E-state index in [0.29, 0.717) is 19.6 Å². The van der Waals surface area contributed by atoms with E-state index < -0.39 is 0 Å². The quantitative estimate of drug-likeness (QED) is 0.814. The molecule has 1 N–H and O–H groups in total. The lowest BCUT2D eigenvalue weighted by atomic mass is 9.85. The second kappa shape index (κ2) is 7.79. The summed E-state index contributed by atoms with van der Waals surface area (Å²) in [5, 5.41) is 3.12. The van der Waals surface area contributed by atoms with E-state index in [-0.39, 0.29) is 29.6 Å². The van der Waals surface area contributed by atoms with Crippen LogP contribution in [0.15, 0.2) is 48.5 Å². The topological polar surface area (TPSA) is 41.6 Å². The number of likely N-dealkylation sites (tertiary alicyclic amines) is 1. The van der Waals surface area contributed by atoms with Crippen molar-refractivity contribution >= 4 is 5.91 Å². The zero-order valence-corrected chi connectivity index (χ0v) is 16.5. The maximum absolute atomic E-state index is 13.1. The van der Waals surface area contributed by atoms with Gasteiger partial charge in [0, 0.05) is 37.2 Å². The van der Waals surface area contributed by atoms with Crippen molar-refractivity contribution in [2.24, 2.45) is 17.8 Å². The van der Waals surface area contributed by atoms with Crippen LogP contribution in [0.3, 0.4) is 0 Å². The molecule has 0 unspecified atom stereocenters. The minimum atomic E-state index is -0.233. The van der Waals surface area contributed by atoms with Crippen molar-refractivity contribution in [1.29, 1.82) is 0 Å². The predicted molar refractivity (Wildman–Crippen MR) is 109 cm³/mol. The molecule has 1 saturated heterocycles. The predicted octanol–water partition coefficient (Wildman–Crippen LogP) is 3.58. The SMILES string of the molecule is O=C(NCCc1ccc(F)cc1)[C@@H]1CN(CC2CC2)[C@H]2c3ccccc3OC[C@@H]12. The number of nitrogens with one attached hydrogen (secondary N) is 1. The smallest absolute Gasteiger partial charge is 0.224 e. The summed E-state index contributed by atoms with van der Waals surface area (Å²) in [4.78, 5) is 15.6. The van der Waals surface area contributed by atoms with Crippen LogP contribution in [0.1, 0.15) is 30.0 Å². The molecule has 152 valence electrons. The largest absolute Gasteiger partial charge is 0.493 e. The molecule has 2 aromatic carbocycles. The van der Waals surface area contributed by atoms with Gasteiger partial charge in [-0.05, 0) is 48.9 Å². The summed E-state index contributed by atoms with van der Waals surface area (Å²) >= 11 is 0. The highest BCUT2D eigenvalue weighted by Crippen LogP contribution is 2.48. The van der Waals surface area contributed by atoms with Crippen LogP contribution in [0.4, 0.5) is 4.39 Å². The van der Waals surface area contributed by atoms with Crippen LogP contribution in [-0.2, 0) is 11.2 Å². The van der Waals surface area contributed by atoms with E-state index in [1.807, 2.05) is 12.1 Å². The molecule has 5 rings (SSSR count). The van der Waals surface area contributed by atoms with E-state index in [4.69, 9.17) is 4.74 Å². The maximum atomic E-state index is 13.1. The maximum Gasteiger partial charge on any atom is 0.224 e. The Bertz CT molecular complexity index is 881. The first-order valence-corrected chi connectivity index (χ1v) is 10.7. The first-order chi connectivity index (χ1) is 14.2. The van der Waals surface area contributed by atoms with Gasteiger partial charge in [-0.3, -0.25) is 9.69 Å². The Labute approximate surface area is 171 Å². The summed E-state index contributed by atoms with van der Waals surface area (Å²) in [6.45, 7) is 3.04. The van der Waals surface area contributed by atoms with Gasteiger partial charge in [-0.15, -0.1) is 0 Å². The normalized spacial score (nSPS) is 25.8. The fourth-order valence-corrected chi connectivity index (χ4v) is 4.88. The monoisotopic (exact) mass is 394 g/mol. The molecule has 2 aliphatic heterocycles. The number of hydrogen-bond donors (Lipinski definition) is 1. The number of rotatable bonds is 6. The van der Waals surface area contributed by atoms with Crippen molar-refractivity contribution in [3.63, 3.8) is 0 Å². The van der Waals surface area contributed by atoms with Gasteiger partial charge in [-0.1, -0.05) is 30.3 Å². The van der Waals surface area contributed by atoms with Crippen molar-refractivity contribution in [2.45, 2.75) is 25.3 Å². The first kappa shape index (κ1) is 18.6. The molecule has 2 aromatic rings. The molecule has 2 heterocycles. The second-order valence-corrected chi connectivity index (χ2v) is 8.63. The number of nitrogens with zero attached hydrogens (tertiary/aromatic N) is 1. The number of fused-ring (bicyclic) bond motifs is 3. The van der Waals surface area contributed by atoms with Crippen molar-refractivity contribution in [2.75, 3.05) is 26.2 Å². The van der Waals surface area contributed by atoms with Crippen LogP contribution in [0.5, 0.6) is 5.75 Å². The second-order valence-electron chi connectivity index (χ2n) is 8.63. The molecule has 4 nitrogen and oxygen atoms in total. The van der Waals surface area contributed by atoms with Gasteiger partial charge in [0.1, 0.15) is 11.6 Å². The zero-order valence-electron chi connectivity index (χ0n) is 16.5. The molecule has 0 spiro atoms. The van der Waals surface area contributed by atoms with Crippen LogP contribution in [-0.4, -0.2) is 37.0 Å². The van der Waals surface area contributed by atoms with Crippen molar-refractivity contribution in [3.8, 4) is 5.75 Å². The molecule has 1 saturated carbocycles. The highest BCUT2D eigenvalue weighted by Gasteiger charge is 2.49. The van der Waals surface area contributed by atoms with Crippen LogP contribution in [0, 0.1) is 23.6 Å². The average Bonchev–Trinajstić information content (AvgIpc) is 3.48. The Kier molecular flexibility index (Phi) is 5.00. The molecule has 29 heavy (non-hydrogen) atoms. The van der Waals surface area contributed by atoms with Crippen molar-refractivity contribution in [3.05, 3.63) is 65.5 Å². The Hall–Kier alpha value is -2.40. The van der Waals surface area contributed by atoms with E-state index in [2.05, 4.69) is 22.3 Å². The fraction of sp³-hybridized carbons (Fsp3) is 0.458. The molecule has 2 fully saturated rings. The summed E-state index contributed by atoms with van der Waals surface area (Å²) in [5.74, 6) is 1.76. The summed E-state index contributed by atoms with van der Waals surface area (Å²) in [6.07, 6.45) is 3.32. The number of carbonyl (C=O) groups is 1. The Morgan fingerprint density at radius 3 is 2.72 bits per heavy atom. The lowest BCUT2D eigenvalue weighted by Gasteiger charge is -2.34. The third-order valence-corrected chi connectivity index (χ3v) is 6.57. The minimum Gasteiger partial charge on any atom is -0.493 e. The Morgan fingerprint density at radius 2 is 1.93 bits per heavy atom. The molecule has 0 aromatic heterocycles. The van der Waals surface area contributed by atoms with E-state index in [9.17, 15) is 9.18 Å². The number of hydrogen-bond acceptors (Lipinski definition) is 3. The van der Waals surface area contributed by atoms with Crippen LogP contribution in [0.2, 0.25) is 0 Å². The summed E-state index contributed by atoms with van der Waals surface area (Å²) in [7, 11) is 0. The number of halogens is 1. The Balaban J connectivity index is 1.27. The molecule has 1 aliphatic carbocycles. The lowest BCUT2D eigenvalue weighted by Crippen LogP contribution is -2.38. The van der Waals surface area contributed by atoms with Gasteiger partial charge in [0.2, 0.25) is 5.91 Å². The minimum absolute atomic E-state index is 0.0553. The summed E-state index contributed by atoms with van der Waals surface area (Å²) in [6, 6.07) is 15.0. The molecule has 5 heteroatoms. The number of benzene rings is 2. The average molecular weight is 394 g/mol. The molecule has 0 bridgehead atoms. The first-order valence-electron chi connectivity index (χ1n) is 10.7. The summed E-state index contributed by atoms with van der Waals surface area (Å²) in [5.41, 5.74) is 2.26. The highest BCUT2D eigenvalue weighted by molar-refractivity contribution is 5.80. The van der Waals surface area contributed by atoms with Gasteiger partial charge in [0.25, 0.3) is 0 Å². The lowest BCUT2D eigenvalue weighted by molar-refractivity contribution is -0.126. The summed E-state index contributed by atoms with van der Waals surface area (Å²) < 4.78 is 19.1.